The predicted molar refractivity (Wildman–Crippen MR) is 490 cm³/mol. The van der Waals surface area contributed by atoms with Crippen LogP contribution < -0.4 is 33.7 Å². The molecule has 5 unspecified atom stereocenters. The van der Waals surface area contributed by atoms with E-state index in [1.54, 1.807) is 159 Å². The normalized spacial score (nSPS) is 16.0. The van der Waals surface area contributed by atoms with E-state index in [4.69, 9.17) is 58.1 Å². The molecule has 2 aromatic carbocycles. The van der Waals surface area contributed by atoms with Crippen LogP contribution in [0, 0.1) is 20.8 Å². The van der Waals surface area contributed by atoms with Gasteiger partial charge in [0.25, 0.3) is 16.7 Å². The number of allylic oxidation sites excluding steroid dienone is 8. The number of ether oxygens (including phenoxy) is 4. The molecular weight excluding hydrogens is 1790 g/mol. The zero-order valence-corrected chi connectivity index (χ0v) is 81.3. The Bertz CT molecular complexity index is 4500. The van der Waals surface area contributed by atoms with E-state index in [9.17, 15) is 56.7 Å². The van der Waals surface area contributed by atoms with Crippen LogP contribution in [0.1, 0.15) is 190 Å². The molecule has 4 aliphatic rings. The number of halogens is 2. The van der Waals surface area contributed by atoms with Crippen LogP contribution >= 0.6 is 68.0 Å². The Balaban J connectivity index is 0.000000495. The monoisotopic (exact) mass is 1920 g/mol. The molecule has 0 amide bonds. The van der Waals surface area contributed by atoms with E-state index in [0.717, 1.165) is 4.11 Å². The average molecular weight is 1920 g/mol. The maximum atomic E-state index is 12.9. The molecule has 37 heteroatoms. The van der Waals surface area contributed by atoms with Gasteiger partial charge in [-0.2, -0.15) is 9.84 Å². The molecule has 119 heavy (non-hydrogen) atoms. The van der Waals surface area contributed by atoms with E-state index in [1.807, 2.05) is 67.4 Å². The van der Waals surface area contributed by atoms with Crippen LogP contribution in [0.4, 0.5) is 4.79 Å². The number of benzene rings is 2. The molecule has 0 spiro atoms. The number of aromatic nitrogens is 6. The van der Waals surface area contributed by atoms with E-state index in [1.165, 1.54) is 103 Å². The first-order valence-electron chi connectivity index (χ1n) is 40.9. The first-order valence-corrected chi connectivity index (χ1v) is 55.3. The Labute approximate surface area is 724 Å². The molecule has 0 aliphatic heterocycles. The second-order valence-corrected chi connectivity index (χ2v) is 45.5. The Morgan fingerprint density at radius 2 is 1.06 bits per heavy atom. The third kappa shape index (κ3) is 45.5. The molecule has 5 N–H and O–H groups in total. The average Bonchev–Trinajstić information content (AvgIpc) is 1.62. The first kappa shape index (κ1) is 108. The van der Waals surface area contributed by atoms with Crippen molar-refractivity contribution in [2.45, 2.75) is 227 Å². The molecule has 669 valence electrons. The number of H-pyrrole nitrogens is 3. The summed E-state index contributed by atoms with van der Waals surface area (Å²) in [4.78, 5) is 105. The zero-order chi connectivity index (χ0) is 89.5. The molecule has 3 aromatic heterocycles. The van der Waals surface area contributed by atoms with Crippen LogP contribution in [0.3, 0.4) is 0 Å². The van der Waals surface area contributed by atoms with Crippen LogP contribution in [0.15, 0.2) is 157 Å². The molecule has 1 radical (unpaired) electrons. The van der Waals surface area contributed by atoms with Crippen molar-refractivity contribution in [3.05, 3.63) is 224 Å². The Hall–Kier alpha value is -4.93. The molecule has 0 bridgehead atoms. The molecular formula is C82H131Cl2N6O21P6RuSi+2. The number of fused-ring (bicyclic) bond motifs is 1. The second-order valence-electron chi connectivity index (χ2n) is 28.3. The molecule has 4 aliphatic carbocycles. The molecule has 3 saturated carbocycles. The predicted octanol–water partition coefficient (Wildman–Crippen LogP) is 17.1. The van der Waals surface area contributed by atoms with Crippen molar-refractivity contribution in [2.24, 2.45) is 0 Å². The minimum absolute atomic E-state index is 0.0465. The van der Waals surface area contributed by atoms with Gasteiger partial charge in [0.05, 0.1) is 56.1 Å². The number of hydrogen-bond acceptors (Lipinski definition) is 19. The number of aromatic amines is 3. The van der Waals surface area contributed by atoms with Crippen molar-refractivity contribution in [1.82, 2.24) is 28.7 Å². The molecule has 5 aromatic rings. The van der Waals surface area contributed by atoms with Crippen LogP contribution in [-0.4, -0.2) is 155 Å². The van der Waals surface area contributed by atoms with Gasteiger partial charge < -0.3 is 37.8 Å². The van der Waals surface area contributed by atoms with Crippen LogP contribution in [-0.2, 0) is 88.2 Å². The van der Waals surface area contributed by atoms with Crippen LogP contribution in [0.25, 0.3) is 5.57 Å². The van der Waals surface area contributed by atoms with Gasteiger partial charge in [-0.1, -0.05) is 85.5 Å². The quantitative estimate of drug-likeness (QED) is 0.00628. The summed E-state index contributed by atoms with van der Waals surface area (Å²) in [5.41, 5.74) is 7.28. The van der Waals surface area contributed by atoms with Crippen molar-refractivity contribution in [1.29, 1.82) is 1.28 Å². The maximum absolute atomic E-state index is 12.9. The van der Waals surface area contributed by atoms with Crippen molar-refractivity contribution in [3.8, 4) is 0 Å². The van der Waals surface area contributed by atoms with E-state index < -0.39 is 79.8 Å². The van der Waals surface area contributed by atoms with Crippen molar-refractivity contribution < 1.29 is 83.2 Å². The van der Waals surface area contributed by atoms with Crippen LogP contribution in [0.2, 0.25) is 6.04 Å². The molecule has 27 nitrogen and oxygen atoms in total. The standard InChI is InChI=1S/C19H31N2O9P.C18H33P.C15H10.C14H23N2O6P.C9H12N2O2.C4H8O4P2.C3H9Si.2ClH.H3P.Ru/c1-5-26-10-8-11-28-31(25,29-14-27-19(24)30-15(2)3)12-7-6-9-21-13-16(4)17(22)20-18(21)23;1-4-10-16(11-5-1)19(17-12-6-2-7-13-17)18-14-8-3-9-15-18;1-2-6-12(7-3-1)15-11-10-13-8-4-5-9-14(13)15;1-3-21-8-6-9-22-23(19,20)10-5-4-7-16-11-12(2)13(17)15-14(16)18;1-3-4-5-11-6-7(2)8(12)10-9(11)13;1-3-4-10(6,7)8-9(2)5;1-2-3-4;;;;/h6-7,13,15H,5,8-12,14H2,1-4H3,(H,20,22,23);16-18H,1-15H2;1-9,11H;4-5,11H,3,6-10H2,1-2H3,(H,19,20)(H,15,17,18);3-4,6H,5H2,1-2H3,(H,10,12,13);3H,1,4H2,2H3;2-4H2,1H3;2*1H;1H3;/q;;;;;;;;;;+2/b7-6+;;;5-4+;;;;;;;/i;;;;;;;;;1D;. The minimum atomic E-state index is -3.68. The van der Waals surface area contributed by atoms with Gasteiger partial charge in [-0.3, -0.25) is 61.3 Å². The number of hydrogen-bond donors (Lipinski definition) is 5. The number of rotatable bonds is 35. The Kier molecular flexibility index (Phi) is 56.6. The Morgan fingerprint density at radius 3 is 1.46 bits per heavy atom. The van der Waals surface area contributed by atoms with Gasteiger partial charge in [0.1, 0.15) is 0 Å². The Morgan fingerprint density at radius 1 is 0.639 bits per heavy atom. The number of nitrogens with one attached hydrogen (secondary N) is 3. The van der Waals surface area contributed by atoms with E-state index in [0.29, 0.717) is 62.5 Å². The number of carbonyl (C=O) groups is 1. The number of carbonyl (C=O) groups excluding carboxylic acids is 1. The van der Waals surface area contributed by atoms with Gasteiger partial charge >= 0.3 is 174 Å². The summed E-state index contributed by atoms with van der Waals surface area (Å²) in [5.74, 6) is 0. The molecule has 3 heterocycles. The fraction of sp³-hybridized carbons (Fsp3) is 0.561. The summed E-state index contributed by atoms with van der Waals surface area (Å²) in [6.45, 7) is 23.1. The van der Waals surface area contributed by atoms with Gasteiger partial charge in [0.15, 0.2) is 6.66 Å². The van der Waals surface area contributed by atoms with Gasteiger partial charge in [0, 0.05) is 99.5 Å². The summed E-state index contributed by atoms with van der Waals surface area (Å²) >= 11 is -1.88. The summed E-state index contributed by atoms with van der Waals surface area (Å²) in [6.07, 6.45) is 42.2. The van der Waals surface area contributed by atoms with Crippen molar-refractivity contribution in [3.63, 3.8) is 0 Å². The molecule has 9 rings (SSSR count). The van der Waals surface area contributed by atoms with Gasteiger partial charge in [-0.25, -0.2) is 19.2 Å². The van der Waals surface area contributed by atoms with Crippen molar-refractivity contribution >= 4 is 94.0 Å². The van der Waals surface area contributed by atoms with E-state index in [-0.39, 0.29) is 70.1 Å². The fourth-order valence-corrected chi connectivity index (χ4v) is 24.7. The van der Waals surface area contributed by atoms with Gasteiger partial charge in [-0.15, -0.1) is 6.58 Å². The summed E-state index contributed by atoms with van der Waals surface area (Å²) < 4.78 is 96.2. The van der Waals surface area contributed by atoms with Crippen molar-refractivity contribution in [2.75, 3.05) is 71.6 Å². The topological polar surface area (TPSA) is 364 Å². The number of aryl methyl sites for hydroxylation is 3. The van der Waals surface area contributed by atoms with E-state index >= 15 is 0 Å². The van der Waals surface area contributed by atoms with Crippen LogP contribution in [0.5, 0.6) is 0 Å². The van der Waals surface area contributed by atoms with Gasteiger partial charge in [0.2, 0.25) is 6.79 Å². The molecule has 3 fully saturated rings. The summed E-state index contributed by atoms with van der Waals surface area (Å²) in [6, 6.07) is 20.0. The second kappa shape index (κ2) is 62.2. The third-order valence-electron chi connectivity index (χ3n) is 18.5. The fourth-order valence-electron chi connectivity index (χ4n) is 12.7. The number of nitrogens with zero attached hydrogens (tertiary/aromatic N) is 3. The molecule has 0 saturated heterocycles. The summed E-state index contributed by atoms with van der Waals surface area (Å²) in [5, 5.41) is 0. The zero-order valence-electron chi connectivity index (χ0n) is 71.9. The SMILES string of the molecule is C1CCC([PH+](C2CCCCC2)C2CCCCC2)CC1.C=CCP(=O)(O)O[P+](C)=O.CC=CCn1cc(C)c(=O)[nH]c1=O.CCC[SiH2].CCOCCCOP(=O)(C/C=C/Cn1cc(C)c(=O)[nH]c1=O)OCOC(=O)OC(C)C.CCOCCCOP(=O)(O)C/C=C/Cn1cc(C)c(=O)[nH]c1=O.[2H]P.[Cl][Ru]([Cl])=[C]1C=C(c2ccccc2)c2ccccc21. The van der Waals surface area contributed by atoms with E-state index in [2.05, 4.69) is 69.2 Å². The molecule has 5 atom stereocenters. The third-order valence-corrected chi connectivity index (χ3v) is 32.5. The first-order chi connectivity index (χ1) is 57.3. The summed E-state index contributed by atoms with van der Waals surface area (Å²) in [7, 11) is 3.06. The van der Waals surface area contributed by atoms with Gasteiger partial charge in [-0.05, 0) is 150 Å².